The lowest BCUT2D eigenvalue weighted by molar-refractivity contribution is 0.465. The zero-order valence-electron chi connectivity index (χ0n) is 16.4. The van der Waals surface area contributed by atoms with Crippen LogP contribution in [0.3, 0.4) is 0 Å². The van der Waals surface area contributed by atoms with E-state index in [-0.39, 0.29) is 11.8 Å². The molecule has 2 aromatic carbocycles. The fourth-order valence-electron chi connectivity index (χ4n) is 3.28. The molecule has 2 heterocycles. The highest BCUT2D eigenvalue weighted by Crippen LogP contribution is 2.32. The van der Waals surface area contributed by atoms with E-state index in [0.717, 1.165) is 33.3 Å². The zero-order chi connectivity index (χ0) is 21.1. The summed E-state index contributed by atoms with van der Waals surface area (Å²) in [5.41, 5.74) is 4.29. The van der Waals surface area contributed by atoms with Gasteiger partial charge in [-0.1, -0.05) is 47.8 Å². The maximum atomic E-state index is 10.2. The molecule has 0 radical (unpaired) electrons. The number of aromatic hydroxyl groups is 1. The van der Waals surface area contributed by atoms with Gasteiger partial charge in [0.05, 0.1) is 17.2 Å². The number of benzene rings is 2. The summed E-state index contributed by atoms with van der Waals surface area (Å²) in [5.74, 6) is 0.944. The maximum Gasteiger partial charge on any atom is 0.152 e. The van der Waals surface area contributed by atoms with E-state index in [1.54, 1.807) is 18.3 Å². The molecule has 152 valence electrons. The first kappa shape index (κ1) is 20.3. The minimum absolute atomic E-state index is 0.137. The molecule has 4 aromatic rings. The third-order valence-electron chi connectivity index (χ3n) is 4.78. The molecular formula is C22H20ClN5OS. The van der Waals surface area contributed by atoms with Gasteiger partial charge in [-0.2, -0.15) is 0 Å². The summed E-state index contributed by atoms with van der Waals surface area (Å²) >= 11 is 7.63. The molecule has 8 heteroatoms. The fourth-order valence-corrected chi connectivity index (χ4v) is 3.86. The number of pyridine rings is 1. The van der Waals surface area contributed by atoms with Gasteiger partial charge in [0.1, 0.15) is 17.9 Å². The van der Waals surface area contributed by atoms with Crippen LogP contribution >= 0.6 is 23.5 Å². The van der Waals surface area contributed by atoms with E-state index < -0.39 is 0 Å². The largest absolute Gasteiger partial charge is 0.508 e. The van der Waals surface area contributed by atoms with Gasteiger partial charge in [-0.15, -0.1) is 0 Å². The molecule has 0 fully saturated rings. The second-order valence-corrected chi connectivity index (χ2v) is 7.72. The predicted molar refractivity (Wildman–Crippen MR) is 125 cm³/mol. The summed E-state index contributed by atoms with van der Waals surface area (Å²) in [5, 5.41) is 14.9. The summed E-state index contributed by atoms with van der Waals surface area (Å²) in [7, 11) is 0. The molecule has 0 amide bonds. The quantitative estimate of drug-likeness (QED) is 0.255. The lowest BCUT2D eigenvalue weighted by Gasteiger charge is -2.17. The number of nitrogens with one attached hydrogen (secondary N) is 2. The topological polar surface area (TPSA) is 83.0 Å². The molecule has 0 spiro atoms. The Morgan fingerprint density at radius 1 is 1.03 bits per heavy atom. The molecule has 0 aliphatic heterocycles. The minimum atomic E-state index is -0.137. The van der Waals surface area contributed by atoms with Crippen molar-refractivity contribution in [2.75, 3.05) is 16.3 Å². The van der Waals surface area contributed by atoms with Crippen LogP contribution in [-0.2, 0) is 0 Å². The summed E-state index contributed by atoms with van der Waals surface area (Å²) < 4.78 is 3.15. The van der Waals surface area contributed by atoms with Crippen LogP contribution < -0.4 is 10.0 Å². The molecule has 3 N–H and O–H groups in total. The summed E-state index contributed by atoms with van der Waals surface area (Å²) in [4.78, 5) is 13.1. The molecule has 0 bridgehead atoms. The predicted octanol–water partition coefficient (Wildman–Crippen LogP) is 5.91. The average Bonchev–Trinajstić information content (AvgIpc) is 2.75. The van der Waals surface area contributed by atoms with E-state index in [1.807, 2.05) is 49.6 Å². The average molecular weight is 438 g/mol. The first-order valence-electron chi connectivity index (χ1n) is 9.31. The highest BCUT2D eigenvalue weighted by Gasteiger charge is 2.13. The van der Waals surface area contributed by atoms with Gasteiger partial charge in [-0.25, -0.2) is 15.0 Å². The molecule has 2 aromatic heterocycles. The SMILES string of the molecule is CSNc1cc(-c2ccc3ncnc(NC(C)c4ccccc4O)c3c2)cnc1Cl. The lowest BCUT2D eigenvalue weighted by Crippen LogP contribution is -2.08. The molecule has 4 rings (SSSR count). The van der Waals surface area contributed by atoms with Gasteiger partial charge in [0, 0.05) is 29.0 Å². The van der Waals surface area contributed by atoms with Crippen LogP contribution in [0.15, 0.2) is 61.1 Å². The van der Waals surface area contributed by atoms with Crippen molar-refractivity contribution in [2.45, 2.75) is 13.0 Å². The number of hydrogen-bond acceptors (Lipinski definition) is 7. The van der Waals surface area contributed by atoms with Crippen molar-refractivity contribution in [3.8, 4) is 16.9 Å². The standard InChI is InChI=1S/C22H20ClN5OS/c1-13(16-5-3-4-6-20(16)29)27-22-17-9-14(7-8-18(17)25-12-26-22)15-10-19(28-30-2)21(23)24-11-15/h3-13,28-29H,1-2H3,(H,25,26,27). The minimum Gasteiger partial charge on any atom is -0.508 e. The highest BCUT2D eigenvalue weighted by molar-refractivity contribution is 7.99. The molecule has 0 saturated carbocycles. The number of rotatable bonds is 6. The summed E-state index contributed by atoms with van der Waals surface area (Å²) in [6, 6.07) is 15.1. The Morgan fingerprint density at radius 3 is 2.67 bits per heavy atom. The van der Waals surface area contributed by atoms with E-state index in [1.165, 1.54) is 18.3 Å². The van der Waals surface area contributed by atoms with E-state index in [2.05, 4.69) is 25.0 Å². The van der Waals surface area contributed by atoms with Gasteiger partial charge in [-0.3, -0.25) is 0 Å². The van der Waals surface area contributed by atoms with E-state index in [0.29, 0.717) is 11.0 Å². The lowest BCUT2D eigenvalue weighted by atomic mass is 10.0. The van der Waals surface area contributed by atoms with E-state index in [9.17, 15) is 5.11 Å². The van der Waals surface area contributed by atoms with Crippen LogP contribution in [0.2, 0.25) is 5.15 Å². The molecule has 1 atom stereocenters. The van der Waals surface area contributed by atoms with Crippen molar-refractivity contribution in [1.29, 1.82) is 0 Å². The Morgan fingerprint density at radius 2 is 1.87 bits per heavy atom. The van der Waals surface area contributed by atoms with Crippen LogP contribution in [-0.4, -0.2) is 26.3 Å². The van der Waals surface area contributed by atoms with E-state index in [4.69, 9.17) is 11.6 Å². The number of fused-ring (bicyclic) bond motifs is 1. The van der Waals surface area contributed by atoms with Crippen LogP contribution in [0.4, 0.5) is 11.5 Å². The zero-order valence-corrected chi connectivity index (χ0v) is 18.0. The van der Waals surface area contributed by atoms with Gasteiger partial charge in [0.25, 0.3) is 0 Å². The Balaban J connectivity index is 1.73. The van der Waals surface area contributed by atoms with Gasteiger partial charge >= 0.3 is 0 Å². The van der Waals surface area contributed by atoms with Crippen LogP contribution in [0.5, 0.6) is 5.75 Å². The third-order valence-corrected chi connectivity index (χ3v) is 5.50. The second kappa shape index (κ2) is 8.77. The maximum absolute atomic E-state index is 10.2. The molecule has 6 nitrogen and oxygen atoms in total. The van der Waals surface area contributed by atoms with E-state index >= 15 is 0 Å². The van der Waals surface area contributed by atoms with Crippen molar-refractivity contribution in [1.82, 2.24) is 15.0 Å². The van der Waals surface area contributed by atoms with Crippen molar-refractivity contribution in [2.24, 2.45) is 0 Å². The normalized spacial score (nSPS) is 12.0. The highest BCUT2D eigenvalue weighted by atomic mass is 35.5. The number of hydrogen-bond donors (Lipinski definition) is 3. The second-order valence-electron chi connectivity index (χ2n) is 6.75. The third kappa shape index (κ3) is 4.13. The Kier molecular flexibility index (Phi) is 5.92. The monoisotopic (exact) mass is 437 g/mol. The molecule has 0 saturated heterocycles. The van der Waals surface area contributed by atoms with Gasteiger partial charge in [0.2, 0.25) is 0 Å². The first-order valence-corrected chi connectivity index (χ1v) is 10.9. The van der Waals surface area contributed by atoms with Crippen molar-refractivity contribution >= 4 is 46.0 Å². The summed E-state index contributed by atoms with van der Waals surface area (Å²) in [6.07, 6.45) is 5.21. The fraction of sp³-hybridized carbons (Fsp3) is 0.136. The Hall–Kier alpha value is -3.03. The Bertz CT molecular complexity index is 1200. The number of phenols is 1. The van der Waals surface area contributed by atoms with Gasteiger partial charge in [-0.05, 0) is 36.8 Å². The smallest absolute Gasteiger partial charge is 0.152 e. The first-order chi connectivity index (χ1) is 14.6. The molecular weight excluding hydrogens is 418 g/mol. The van der Waals surface area contributed by atoms with Crippen LogP contribution in [0.25, 0.3) is 22.0 Å². The number of para-hydroxylation sites is 1. The number of halogens is 1. The molecule has 1 unspecified atom stereocenters. The van der Waals surface area contributed by atoms with Crippen molar-refractivity contribution < 1.29 is 5.11 Å². The summed E-state index contributed by atoms with van der Waals surface area (Å²) in [6.45, 7) is 1.98. The molecule has 0 aliphatic rings. The van der Waals surface area contributed by atoms with Crippen LogP contribution in [0, 0.1) is 0 Å². The van der Waals surface area contributed by atoms with Gasteiger partial charge < -0.3 is 15.1 Å². The number of anilines is 2. The van der Waals surface area contributed by atoms with Crippen molar-refractivity contribution in [3.05, 3.63) is 71.8 Å². The van der Waals surface area contributed by atoms with Crippen LogP contribution in [0.1, 0.15) is 18.5 Å². The van der Waals surface area contributed by atoms with Crippen molar-refractivity contribution in [3.63, 3.8) is 0 Å². The Labute approximate surface area is 183 Å². The number of phenolic OH excluding ortho intramolecular Hbond substituents is 1. The number of aromatic nitrogens is 3. The molecule has 0 aliphatic carbocycles. The molecule has 30 heavy (non-hydrogen) atoms. The van der Waals surface area contributed by atoms with Gasteiger partial charge in [0.15, 0.2) is 5.15 Å². The number of nitrogens with zero attached hydrogens (tertiary/aromatic N) is 3.